The second-order valence-electron chi connectivity index (χ2n) is 15.6. The van der Waals surface area contributed by atoms with Crippen LogP contribution in [0.2, 0.25) is 0 Å². The minimum Gasteiger partial charge on any atom is -0.446 e. The van der Waals surface area contributed by atoms with E-state index in [4.69, 9.17) is 9.47 Å². The lowest BCUT2D eigenvalue weighted by Crippen LogP contribution is -2.45. The van der Waals surface area contributed by atoms with Crippen LogP contribution in [0.15, 0.2) is 36.4 Å². The number of rotatable bonds is 9. The van der Waals surface area contributed by atoms with Crippen LogP contribution in [0.1, 0.15) is 126 Å². The van der Waals surface area contributed by atoms with E-state index in [2.05, 4.69) is 116 Å². The smallest absolute Gasteiger partial charge is 0.407 e. The van der Waals surface area contributed by atoms with Gasteiger partial charge in [0.15, 0.2) is 0 Å². The van der Waals surface area contributed by atoms with Crippen molar-refractivity contribution in [2.24, 2.45) is 35.5 Å². The van der Waals surface area contributed by atoms with Crippen molar-refractivity contribution < 1.29 is 19.1 Å². The van der Waals surface area contributed by atoms with Gasteiger partial charge in [-0.1, -0.05) is 113 Å². The Labute approximate surface area is 278 Å². The van der Waals surface area contributed by atoms with Crippen molar-refractivity contribution in [1.82, 2.24) is 10.6 Å². The standard InChI is InChI=1S/C40H60N2O4/c1-23(2)33-13-11-25(5)21-35(33)45-39(43)41-37(31-17-27(7)15-28(8)18-31)38(32-19-29(9)16-30(10)20-32)42-40(44)46-36-22-26(6)12-14-34(36)24(3)4/h15-20,23-26,33-38H,11-14,21-22H2,1-10H3,(H,41,43)(H,42,44)/t25-,26-,33+,34+,35-,36-,37-,38-/m1/s1. The fourth-order valence-corrected chi connectivity index (χ4v) is 8.19. The summed E-state index contributed by atoms with van der Waals surface area (Å²) in [6, 6.07) is 11.5. The van der Waals surface area contributed by atoms with Crippen LogP contribution in [0.4, 0.5) is 9.59 Å². The summed E-state index contributed by atoms with van der Waals surface area (Å²) in [5.41, 5.74) is 6.20. The zero-order valence-electron chi connectivity index (χ0n) is 30.1. The van der Waals surface area contributed by atoms with Crippen molar-refractivity contribution in [2.45, 2.75) is 132 Å². The molecule has 4 rings (SSSR count). The van der Waals surface area contributed by atoms with E-state index in [0.29, 0.717) is 35.5 Å². The number of hydrogen-bond donors (Lipinski definition) is 2. The van der Waals surface area contributed by atoms with Crippen LogP contribution in [0, 0.1) is 63.2 Å². The number of nitrogens with one attached hydrogen (secondary N) is 2. The molecule has 2 aromatic rings. The third-order valence-corrected chi connectivity index (χ3v) is 10.5. The molecule has 0 aromatic heterocycles. The summed E-state index contributed by atoms with van der Waals surface area (Å²) in [5, 5.41) is 6.52. The Kier molecular flexibility index (Phi) is 12.2. The quantitative estimate of drug-likeness (QED) is 0.288. The van der Waals surface area contributed by atoms with Crippen LogP contribution < -0.4 is 10.6 Å². The Bertz CT molecular complexity index is 1190. The molecule has 2 aliphatic rings. The fraction of sp³-hybridized carbons (Fsp3) is 0.650. The number of benzene rings is 2. The van der Waals surface area contributed by atoms with Gasteiger partial charge in [0.1, 0.15) is 12.2 Å². The predicted octanol–water partition coefficient (Wildman–Crippen LogP) is 10.1. The SMILES string of the molecule is Cc1cc(C)cc([C@@H](NC(=O)O[C@@H]2C[C@H](C)CC[C@H]2C(C)C)[C@H](NC(=O)O[C@@H]2C[C@H](C)CC[C@H]2C(C)C)c2cc(C)cc(C)c2)c1. The molecule has 2 aromatic carbocycles. The second-order valence-corrected chi connectivity index (χ2v) is 15.6. The molecular weight excluding hydrogens is 572 g/mol. The average Bonchev–Trinajstić information content (AvgIpc) is 2.93. The van der Waals surface area contributed by atoms with Crippen LogP contribution >= 0.6 is 0 Å². The van der Waals surface area contributed by atoms with Gasteiger partial charge >= 0.3 is 12.2 Å². The monoisotopic (exact) mass is 632 g/mol. The summed E-state index contributed by atoms with van der Waals surface area (Å²) in [7, 11) is 0. The Morgan fingerprint density at radius 1 is 0.587 bits per heavy atom. The van der Waals surface area contributed by atoms with Crippen molar-refractivity contribution in [3.05, 3.63) is 69.8 Å². The van der Waals surface area contributed by atoms with Gasteiger partial charge in [-0.05, 0) is 100 Å². The molecule has 0 unspecified atom stereocenters. The van der Waals surface area contributed by atoms with Gasteiger partial charge < -0.3 is 20.1 Å². The van der Waals surface area contributed by atoms with E-state index < -0.39 is 24.3 Å². The molecule has 6 nitrogen and oxygen atoms in total. The minimum atomic E-state index is -0.579. The Balaban J connectivity index is 1.70. The molecule has 46 heavy (non-hydrogen) atoms. The van der Waals surface area contributed by atoms with Crippen molar-refractivity contribution in [3.8, 4) is 0 Å². The molecule has 0 spiro atoms. The highest BCUT2D eigenvalue weighted by molar-refractivity contribution is 5.71. The summed E-state index contributed by atoms with van der Waals surface area (Å²) >= 11 is 0. The molecular formula is C40H60N2O4. The maximum atomic E-state index is 13.9. The summed E-state index contributed by atoms with van der Waals surface area (Å²) in [6.45, 7) is 21.6. The van der Waals surface area contributed by atoms with Crippen LogP contribution in [0.25, 0.3) is 0 Å². The van der Waals surface area contributed by atoms with Gasteiger partial charge in [0, 0.05) is 0 Å². The van der Waals surface area contributed by atoms with Gasteiger partial charge in [-0.3, -0.25) is 0 Å². The van der Waals surface area contributed by atoms with E-state index in [1.54, 1.807) is 0 Å². The maximum absolute atomic E-state index is 13.9. The zero-order chi connectivity index (χ0) is 33.7. The van der Waals surface area contributed by atoms with Gasteiger partial charge in [-0.15, -0.1) is 0 Å². The molecule has 6 heteroatoms. The first-order chi connectivity index (χ1) is 21.7. The lowest BCUT2D eigenvalue weighted by molar-refractivity contribution is 0.000764. The molecule has 0 aliphatic heterocycles. The van der Waals surface area contributed by atoms with Crippen molar-refractivity contribution in [1.29, 1.82) is 0 Å². The molecule has 2 saturated carbocycles. The summed E-state index contributed by atoms with van der Waals surface area (Å²) in [5.74, 6) is 2.54. The molecule has 8 atom stereocenters. The normalized spacial score (nSPS) is 26.3. The van der Waals surface area contributed by atoms with Gasteiger partial charge in [0.05, 0.1) is 12.1 Å². The largest absolute Gasteiger partial charge is 0.446 e. The first-order valence-electron chi connectivity index (χ1n) is 17.8. The third-order valence-electron chi connectivity index (χ3n) is 10.5. The molecule has 0 heterocycles. The number of ether oxygens (including phenoxy) is 2. The van der Waals surface area contributed by atoms with Crippen LogP contribution in [-0.4, -0.2) is 24.4 Å². The first kappa shape index (κ1) is 35.8. The van der Waals surface area contributed by atoms with E-state index in [-0.39, 0.29) is 12.2 Å². The Morgan fingerprint density at radius 2 is 0.913 bits per heavy atom. The third kappa shape index (κ3) is 9.51. The molecule has 0 saturated heterocycles. The molecule has 254 valence electrons. The first-order valence-corrected chi connectivity index (χ1v) is 17.8. The van der Waals surface area contributed by atoms with Crippen molar-refractivity contribution >= 4 is 12.2 Å². The van der Waals surface area contributed by atoms with Gasteiger partial charge in [-0.2, -0.15) is 0 Å². The van der Waals surface area contributed by atoms with E-state index in [9.17, 15) is 9.59 Å². The van der Waals surface area contributed by atoms with E-state index in [1.807, 2.05) is 0 Å². The van der Waals surface area contributed by atoms with Crippen LogP contribution in [0.3, 0.4) is 0 Å². The molecule has 2 N–H and O–H groups in total. The van der Waals surface area contributed by atoms with E-state index in [0.717, 1.165) is 71.9 Å². The van der Waals surface area contributed by atoms with Gasteiger partial charge in [0.2, 0.25) is 0 Å². The van der Waals surface area contributed by atoms with Gasteiger partial charge in [-0.25, -0.2) is 9.59 Å². The van der Waals surface area contributed by atoms with Crippen LogP contribution in [-0.2, 0) is 9.47 Å². The van der Waals surface area contributed by atoms with E-state index in [1.165, 1.54) is 0 Å². The fourth-order valence-electron chi connectivity index (χ4n) is 8.19. The molecule has 2 amide bonds. The zero-order valence-corrected chi connectivity index (χ0v) is 30.1. The lowest BCUT2D eigenvalue weighted by atomic mass is 9.75. The highest BCUT2D eigenvalue weighted by Gasteiger charge is 2.37. The summed E-state index contributed by atoms with van der Waals surface area (Å²) in [4.78, 5) is 27.8. The van der Waals surface area contributed by atoms with Gasteiger partial charge in [0.25, 0.3) is 0 Å². The molecule has 2 aliphatic carbocycles. The number of carbonyl (C=O) groups excluding carboxylic acids is 2. The predicted molar refractivity (Wildman–Crippen MR) is 187 cm³/mol. The highest BCUT2D eigenvalue weighted by atomic mass is 16.6. The average molecular weight is 633 g/mol. The van der Waals surface area contributed by atoms with Crippen molar-refractivity contribution in [2.75, 3.05) is 0 Å². The number of hydrogen-bond acceptors (Lipinski definition) is 4. The number of alkyl carbamates (subject to hydrolysis) is 2. The van der Waals surface area contributed by atoms with Crippen LogP contribution in [0.5, 0.6) is 0 Å². The molecule has 0 radical (unpaired) electrons. The summed E-state index contributed by atoms with van der Waals surface area (Å²) < 4.78 is 12.5. The number of amides is 2. The number of aryl methyl sites for hydroxylation is 4. The number of carbonyl (C=O) groups is 2. The Morgan fingerprint density at radius 3 is 1.22 bits per heavy atom. The molecule has 2 fully saturated rings. The molecule has 0 bridgehead atoms. The minimum absolute atomic E-state index is 0.137. The second kappa shape index (κ2) is 15.7. The Hall–Kier alpha value is -3.02. The maximum Gasteiger partial charge on any atom is 0.407 e. The lowest BCUT2D eigenvalue weighted by Gasteiger charge is -2.38. The highest BCUT2D eigenvalue weighted by Crippen LogP contribution is 2.38. The van der Waals surface area contributed by atoms with E-state index >= 15 is 0 Å². The topological polar surface area (TPSA) is 76.7 Å². The summed E-state index contributed by atoms with van der Waals surface area (Å²) in [6.07, 6.45) is 5.02. The van der Waals surface area contributed by atoms with Crippen molar-refractivity contribution in [3.63, 3.8) is 0 Å².